The third kappa shape index (κ3) is 3.66. The number of carbonyl (C=O) groups is 1. The summed E-state index contributed by atoms with van der Waals surface area (Å²) in [6.07, 6.45) is 7.13. The van der Waals surface area contributed by atoms with Crippen molar-refractivity contribution >= 4 is 5.97 Å². The van der Waals surface area contributed by atoms with Gasteiger partial charge in [0.25, 0.3) is 0 Å². The molecule has 16 heavy (non-hydrogen) atoms. The molecule has 1 atom stereocenters. The van der Waals surface area contributed by atoms with Crippen molar-refractivity contribution in [1.29, 1.82) is 0 Å². The summed E-state index contributed by atoms with van der Waals surface area (Å²) in [5, 5.41) is 0. The molecule has 1 unspecified atom stereocenters. The summed E-state index contributed by atoms with van der Waals surface area (Å²) in [6, 6.07) is 0. The Kier molecular flexibility index (Phi) is 4.57. The molecule has 1 rings (SSSR count). The van der Waals surface area contributed by atoms with E-state index < -0.39 is 0 Å². The molecule has 0 N–H and O–H groups in total. The number of rotatable bonds is 6. The Morgan fingerprint density at radius 1 is 1.50 bits per heavy atom. The van der Waals surface area contributed by atoms with Crippen LogP contribution < -0.4 is 0 Å². The Labute approximate surface area is 99.1 Å². The summed E-state index contributed by atoms with van der Waals surface area (Å²) in [6.45, 7) is 9.43. The Hall–Kier alpha value is -0.790. The number of ether oxygens (including phenoxy) is 1. The van der Waals surface area contributed by atoms with Crippen LogP contribution in [-0.4, -0.2) is 11.6 Å². The zero-order valence-corrected chi connectivity index (χ0v) is 10.8. The second-order valence-electron chi connectivity index (χ2n) is 5.31. The molecule has 0 aromatic carbocycles. The molecular formula is C14H24O2. The molecule has 0 heterocycles. The molecule has 0 amide bonds. The highest BCUT2D eigenvalue weighted by Crippen LogP contribution is 2.34. The minimum absolute atomic E-state index is 0.252. The molecule has 0 saturated heterocycles. The van der Waals surface area contributed by atoms with Crippen molar-refractivity contribution in [1.82, 2.24) is 0 Å². The molecule has 2 nitrogen and oxygen atoms in total. The molecule has 1 aliphatic carbocycles. The third-order valence-electron chi connectivity index (χ3n) is 3.74. The van der Waals surface area contributed by atoms with Crippen LogP contribution in [0, 0.1) is 5.92 Å². The monoisotopic (exact) mass is 224 g/mol. The van der Waals surface area contributed by atoms with Crippen LogP contribution in [0.2, 0.25) is 0 Å². The van der Waals surface area contributed by atoms with Crippen molar-refractivity contribution in [3.8, 4) is 0 Å². The van der Waals surface area contributed by atoms with Gasteiger partial charge in [-0.05, 0) is 39.0 Å². The van der Waals surface area contributed by atoms with Crippen molar-refractivity contribution in [2.24, 2.45) is 5.92 Å². The number of carbonyl (C=O) groups excluding carboxylic acids is 1. The molecule has 1 fully saturated rings. The van der Waals surface area contributed by atoms with Gasteiger partial charge in [0.2, 0.25) is 0 Å². The van der Waals surface area contributed by atoms with E-state index in [0.29, 0.717) is 5.57 Å². The molecule has 1 saturated carbocycles. The SMILES string of the molecule is C=C(C)C(=O)OC(C)(CC)CCC1CCC1. The van der Waals surface area contributed by atoms with Crippen LogP contribution in [0.1, 0.15) is 59.3 Å². The van der Waals surface area contributed by atoms with Crippen LogP contribution in [-0.2, 0) is 9.53 Å². The Morgan fingerprint density at radius 2 is 2.12 bits per heavy atom. The normalized spacial score (nSPS) is 19.7. The molecule has 0 aromatic rings. The molecule has 2 heteroatoms. The predicted octanol–water partition coefficient (Wildman–Crippen LogP) is 3.85. The summed E-state index contributed by atoms with van der Waals surface area (Å²) in [4.78, 5) is 11.5. The van der Waals surface area contributed by atoms with Gasteiger partial charge in [0.15, 0.2) is 0 Å². The lowest BCUT2D eigenvalue weighted by molar-refractivity contribution is -0.154. The summed E-state index contributed by atoms with van der Waals surface area (Å²) in [5.41, 5.74) is 0.189. The summed E-state index contributed by atoms with van der Waals surface area (Å²) >= 11 is 0. The van der Waals surface area contributed by atoms with E-state index in [0.717, 1.165) is 18.8 Å². The summed E-state index contributed by atoms with van der Waals surface area (Å²) < 4.78 is 5.53. The van der Waals surface area contributed by atoms with E-state index in [-0.39, 0.29) is 11.6 Å². The zero-order valence-electron chi connectivity index (χ0n) is 10.8. The van der Waals surface area contributed by atoms with Gasteiger partial charge in [-0.25, -0.2) is 4.79 Å². The van der Waals surface area contributed by atoms with Crippen molar-refractivity contribution < 1.29 is 9.53 Å². The van der Waals surface area contributed by atoms with E-state index >= 15 is 0 Å². The van der Waals surface area contributed by atoms with Crippen LogP contribution in [0.5, 0.6) is 0 Å². The van der Waals surface area contributed by atoms with E-state index in [2.05, 4.69) is 13.5 Å². The third-order valence-corrected chi connectivity index (χ3v) is 3.74. The first-order valence-electron chi connectivity index (χ1n) is 6.35. The van der Waals surface area contributed by atoms with Crippen molar-refractivity contribution in [3.63, 3.8) is 0 Å². The molecule has 0 bridgehead atoms. The van der Waals surface area contributed by atoms with Gasteiger partial charge >= 0.3 is 5.97 Å². The predicted molar refractivity (Wildman–Crippen MR) is 66.2 cm³/mol. The van der Waals surface area contributed by atoms with Crippen molar-refractivity contribution in [3.05, 3.63) is 12.2 Å². The zero-order chi connectivity index (χ0) is 12.2. The molecule has 0 aliphatic heterocycles. The van der Waals surface area contributed by atoms with Gasteiger partial charge in [0.05, 0.1) is 0 Å². The highest BCUT2D eigenvalue weighted by Gasteiger charge is 2.29. The standard InChI is InChI=1S/C14H24O2/c1-5-14(4,16-13(15)11(2)3)10-9-12-7-6-8-12/h12H,2,5-10H2,1,3-4H3. The largest absolute Gasteiger partial charge is 0.456 e. The van der Waals surface area contributed by atoms with Gasteiger partial charge in [-0.15, -0.1) is 0 Å². The van der Waals surface area contributed by atoms with Gasteiger partial charge in [0, 0.05) is 5.57 Å². The van der Waals surface area contributed by atoms with Gasteiger partial charge in [-0.1, -0.05) is 32.8 Å². The smallest absolute Gasteiger partial charge is 0.333 e. The highest BCUT2D eigenvalue weighted by molar-refractivity contribution is 5.87. The fourth-order valence-electron chi connectivity index (χ4n) is 1.90. The van der Waals surface area contributed by atoms with E-state index in [1.807, 2.05) is 6.92 Å². The lowest BCUT2D eigenvalue weighted by atomic mass is 9.79. The van der Waals surface area contributed by atoms with Crippen molar-refractivity contribution in [2.75, 3.05) is 0 Å². The van der Waals surface area contributed by atoms with Crippen LogP contribution >= 0.6 is 0 Å². The van der Waals surface area contributed by atoms with E-state index in [9.17, 15) is 4.79 Å². The minimum atomic E-state index is -0.300. The lowest BCUT2D eigenvalue weighted by Crippen LogP contribution is -2.32. The molecule has 0 spiro atoms. The van der Waals surface area contributed by atoms with E-state index in [4.69, 9.17) is 4.74 Å². The van der Waals surface area contributed by atoms with Gasteiger partial charge in [-0.3, -0.25) is 0 Å². The maximum absolute atomic E-state index is 11.5. The minimum Gasteiger partial charge on any atom is -0.456 e. The van der Waals surface area contributed by atoms with E-state index in [1.165, 1.54) is 25.7 Å². The maximum atomic E-state index is 11.5. The number of hydrogen-bond donors (Lipinski definition) is 0. The van der Waals surface area contributed by atoms with Crippen LogP contribution in [0.4, 0.5) is 0 Å². The van der Waals surface area contributed by atoms with Gasteiger partial charge in [0.1, 0.15) is 5.60 Å². The lowest BCUT2D eigenvalue weighted by Gasteiger charge is -2.32. The average molecular weight is 224 g/mol. The van der Waals surface area contributed by atoms with Gasteiger partial charge in [-0.2, -0.15) is 0 Å². The summed E-state index contributed by atoms with van der Waals surface area (Å²) in [5.74, 6) is 0.618. The second-order valence-corrected chi connectivity index (χ2v) is 5.31. The number of esters is 1. The Bertz CT molecular complexity index is 266. The number of hydrogen-bond acceptors (Lipinski definition) is 2. The molecular weight excluding hydrogens is 200 g/mol. The first-order chi connectivity index (χ1) is 7.47. The van der Waals surface area contributed by atoms with Gasteiger partial charge < -0.3 is 4.74 Å². The van der Waals surface area contributed by atoms with Crippen molar-refractivity contribution in [2.45, 2.75) is 64.9 Å². The quantitative estimate of drug-likeness (QED) is 0.506. The van der Waals surface area contributed by atoms with Crippen LogP contribution in [0.15, 0.2) is 12.2 Å². The average Bonchev–Trinajstić information content (AvgIpc) is 2.15. The fraction of sp³-hybridized carbons (Fsp3) is 0.786. The van der Waals surface area contributed by atoms with Crippen LogP contribution in [0.25, 0.3) is 0 Å². The summed E-state index contributed by atoms with van der Waals surface area (Å²) in [7, 11) is 0. The van der Waals surface area contributed by atoms with Crippen LogP contribution in [0.3, 0.4) is 0 Å². The van der Waals surface area contributed by atoms with E-state index in [1.54, 1.807) is 6.92 Å². The first kappa shape index (κ1) is 13.3. The molecule has 92 valence electrons. The first-order valence-corrected chi connectivity index (χ1v) is 6.35. The topological polar surface area (TPSA) is 26.3 Å². The molecule has 0 aromatic heterocycles. The second kappa shape index (κ2) is 5.51. The Morgan fingerprint density at radius 3 is 2.50 bits per heavy atom. The molecule has 1 aliphatic rings. The highest BCUT2D eigenvalue weighted by atomic mass is 16.6. The molecule has 0 radical (unpaired) electrons. The Balaban J connectivity index is 2.41. The fourth-order valence-corrected chi connectivity index (χ4v) is 1.90. The maximum Gasteiger partial charge on any atom is 0.333 e.